The molecule has 0 aromatic heterocycles. The van der Waals surface area contributed by atoms with E-state index in [1.807, 2.05) is 0 Å². The Hall–Kier alpha value is -1.82. The second-order valence-corrected chi connectivity index (χ2v) is 5.09. The summed E-state index contributed by atoms with van der Waals surface area (Å²) < 4.78 is 0. The highest BCUT2D eigenvalue weighted by atomic mass is 14.4. The monoisotopic (exact) mass is 234 g/mol. The number of hydrogen-bond acceptors (Lipinski definition) is 0. The zero-order valence-electron chi connectivity index (χ0n) is 10.8. The molecule has 90 valence electrons. The van der Waals surface area contributed by atoms with Crippen LogP contribution in [0.1, 0.15) is 30.9 Å². The number of allylic oxidation sites excluding steroid dienone is 2. The lowest BCUT2D eigenvalue weighted by Gasteiger charge is -2.40. The molecule has 2 aromatic rings. The number of hydrogen-bond donors (Lipinski definition) is 0. The maximum absolute atomic E-state index is 2.46. The van der Waals surface area contributed by atoms with Gasteiger partial charge in [-0.15, -0.1) is 0 Å². The molecule has 1 aliphatic rings. The van der Waals surface area contributed by atoms with Gasteiger partial charge in [0.2, 0.25) is 0 Å². The van der Waals surface area contributed by atoms with Gasteiger partial charge in [-0.25, -0.2) is 0 Å². The summed E-state index contributed by atoms with van der Waals surface area (Å²) in [6, 6.07) is 21.6. The fraction of sp³-hybridized carbons (Fsp3) is 0.222. The van der Waals surface area contributed by atoms with E-state index in [9.17, 15) is 0 Å². The normalized spacial score (nSPS) is 22.2. The topological polar surface area (TPSA) is 0 Å². The predicted molar refractivity (Wildman–Crippen MR) is 77.4 cm³/mol. The van der Waals surface area contributed by atoms with Crippen LogP contribution in [0, 0.1) is 0 Å². The van der Waals surface area contributed by atoms with E-state index in [2.05, 4.69) is 73.7 Å². The zero-order valence-corrected chi connectivity index (χ0v) is 10.8. The van der Waals surface area contributed by atoms with Crippen LogP contribution in [0.5, 0.6) is 0 Å². The molecule has 0 nitrogen and oxygen atoms in total. The molecular formula is C18H18. The Morgan fingerprint density at radius 3 is 2.00 bits per heavy atom. The summed E-state index contributed by atoms with van der Waals surface area (Å²) in [7, 11) is 0. The van der Waals surface area contributed by atoms with Crippen molar-refractivity contribution in [2.75, 3.05) is 0 Å². The summed E-state index contributed by atoms with van der Waals surface area (Å²) in [6.45, 7) is 2.28. The molecule has 1 aliphatic carbocycles. The van der Waals surface area contributed by atoms with Gasteiger partial charge in [0.25, 0.3) is 0 Å². The minimum atomic E-state index is 0.270. The average Bonchev–Trinajstić information content (AvgIpc) is 2.41. The first-order chi connectivity index (χ1) is 8.84. The molecule has 0 bridgehead atoms. The Balaban J connectivity index is 1.94. The third kappa shape index (κ3) is 1.78. The molecule has 2 aromatic carbocycles. The first-order valence-electron chi connectivity index (χ1n) is 6.67. The van der Waals surface area contributed by atoms with E-state index < -0.39 is 0 Å². The van der Waals surface area contributed by atoms with E-state index in [1.54, 1.807) is 0 Å². The van der Waals surface area contributed by atoms with Crippen LogP contribution >= 0.6 is 0 Å². The lowest BCUT2D eigenvalue weighted by atomic mass is 9.63. The van der Waals surface area contributed by atoms with Crippen LogP contribution in [0.3, 0.4) is 0 Å². The van der Waals surface area contributed by atoms with Crippen molar-refractivity contribution in [2.45, 2.75) is 25.2 Å². The highest BCUT2D eigenvalue weighted by Crippen LogP contribution is 2.48. The molecule has 3 rings (SSSR count). The van der Waals surface area contributed by atoms with Crippen molar-refractivity contribution >= 4 is 5.57 Å². The Bertz CT molecular complexity index is 551. The van der Waals surface area contributed by atoms with Gasteiger partial charge in [-0.1, -0.05) is 73.7 Å². The van der Waals surface area contributed by atoms with E-state index in [0.29, 0.717) is 0 Å². The summed E-state index contributed by atoms with van der Waals surface area (Å²) in [5.74, 6) is 0. The van der Waals surface area contributed by atoms with Crippen molar-refractivity contribution in [3.8, 4) is 0 Å². The molecule has 0 heteroatoms. The van der Waals surface area contributed by atoms with Crippen LogP contribution in [-0.4, -0.2) is 0 Å². The summed E-state index contributed by atoms with van der Waals surface area (Å²) in [6.07, 6.45) is 4.79. The van der Waals surface area contributed by atoms with Crippen LogP contribution in [0.2, 0.25) is 0 Å². The zero-order chi connectivity index (χ0) is 12.4. The first kappa shape index (κ1) is 11.3. The van der Waals surface area contributed by atoms with E-state index in [4.69, 9.17) is 0 Å². The van der Waals surface area contributed by atoms with Gasteiger partial charge in [-0.05, 0) is 29.5 Å². The van der Waals surface area contributed by atoms with Crippen LogP contribution in [0.15, 0.2) is 66.7 Å². The molecule has 0 saturated heterocycles. The number of benzene rings is 2. The van der Waals surface area contributed by atoms with Gasteiger partial charge in [-0.3, -0.25) is 0 Å². The lowest BCUT2D eigenvalue weighted by molar-refractivity contribution is 0.494. The van der Waals surface area contributed by atoms with Crippen molar-refractivity contribution in [2.24, 2.45) is 0 Å². The first-order valence-corrected chi connectivity index (χ1v) is 6.67. The Kier molecular flexibility index (Phi) is 2.79. The van der Waals surface area contributed by atoms with Gasteiger partial charge in [-0.2, -0.15) is 0 Å². The molecule has 0 saturated carbocycles. The summed E-state index contributed by atoms with van der Waals surface area (Å²) in [5.41, 5.74) is 4.58. The largest absolute Gasteiger partial charge is 0.0698 e. The summed E-state index contributed by atoms with van der Waals surface area (Å²) in [5, 5.41) is 0. The van der Waals surface area contributed by atoms with Crippen molar-refractivity contribution < 1.29 is 0 Å². The van der Waals surface area contributed by atoms with Crippen molar-refractivity contribution in [3.63, 3.8) is 0 Å². The maximum atomic E-state index is 2.46. The molecule has 18 heavy (non-hydrogen) atoms. The molecule has 0 heterocycles. The lowest BCUT2D eigenvalue weighted by Crippen LogP contribution is -2.30. The third-order valence-electron chi connectivity index (χ3n) is 4.08. The van der Waals surface area contributed by atoms with Gasteiger partial charge < -0.3 is 0 Å². The van der Waals surface area contributed by atoms with Crippen molar-refractivity contribution in [1.29, 1.82) is 0 Å². The molecule has 0 radical (unpaired) electrons. The van der Waals surface area contributed by atoms with Gasteiger partial charge in [0.1, 0.15) is 0 Å². The molecule has 0 fully saturated rings. The molecule has 0 aliphatic heterocycles. The Morgan fingerprint density at radius 1 is 0.889 bits per heavy atom. The summed E-state index contributed by atoms with van der Waals surface area (Å²) in [4.78, 5) is 0. The third-order valence-corrected chi connectivity index (χ3v) is 4.08. The van der Waals surface area contributed by atoms with Gasteiger partial charge >= 0.3 is 0 Å². The Labute approximate surface area is 109 Å². The molecule has 0 unspecified atom stereocenters. The summed E-state index contributed by atoms with van der Waals surface area (Å²) >= 11 is 0. The standard InChI is InChI=1S/C18H18/c1-2-18(17-11-7-4-8-12-17)13-16(14-18)15-9-5-3-6-10-15/h3-13H,2,14H2,1H3/t18-/m0/s1. The molecule has 0 spiro atoms. The fourth-order valence-electron chi connectivity index (χ4n) is 2.87. The number of rotatable bonds is 3. The van der Waals surface area contributed by atoms with E-state index >= 15 is 0 Å². The highest BCUT2D eigenvalue weighted by molar-refractivity contribution is 5.75. The van der Waals surface area contributed by atoms with Crippen molar-refractivity contribution in [1.82, 2.24) is 0 Å². The van der Waals surface area contributed by atoms with E-state index in [0.717, 1.165) is 6.42 Å². The maximum Gasteiger partial charge on any atom is 0.0176 e. The van der Waals surface area contributed by atoms with E-state index in [1.165, 1.54) is 23.1 Å². The molecule has 1 atom stereocenters. The molecular weight excluding hydrogens is 216 g/mol. The fourth-order valence-corrected chi connectivity index (χ4v) is 2.87. The highest BCUT2D eigenvalue weighted by Gasteiger charge is 2.36. The van der Waals surface area contributed by atoms with Gasteiger partial charge in [0, 0.05) is 5.41 Å². The van der Waals surface area contributed by atoms with E-state index in [-0.39, 0.29) is 5.41 Å². The van der Waals surface area contributed by atoms with Crippen LogP contribution in [0.4, 0.5) is 0 Å². The Morgan fingerprint density at radius 2 is 1.44 bits per heavy atom. The molecule has 0 N–H and O–H groups in total. The van der Waals surface area contributed by atoms with Crippen molar-refractivity contribution in [3.05, 3.63) is 77.9 Å². The second-order valence-electron chi connectivity index (χ2n) is 5.09. The van der Waals surface area contributed by atoms with Gasteiger partial charge in [0.15, 0.2) is 0 Å². The van der Waals surface area contributed by atoms with Crippen LogP contribution in [0.25, 0.3) is 5.57 Å². The van der Waals surface area contributed by atoms with Gasteiger partial charge in [0.05, 0.1) is 0 Å². The molecule has 0 amide bonds. The second kappa shape index (κ2) is 4.45. The minimum absolute atomic E-state index is 0.270. The quantitative estimate of drug-likeness (QED) is 0.714. The average molecular weight is 234 g/mol. The SMILES string of the molecule is CC[C@]1(c2ccccc2)C=C(c2ccccc2)C1. The predicted octanol–water partition coefficient (Wildman–Crippen LogP) is 4.82. The van der Waals surface area contributed by atoms with Crippen LogP contribution < -0.4 is 0 Å². The smallest absolute Gasteiger partial charge is 0.0176 e. The minimum Gasteiger partial charge on any atom is -0.0698 e. The van der Waals surface area contributed by atoms with Crippen LogP contribution in [-0.2, 0) is 5.41 Å².